The maximum Gasteiger partial charge on any atom is 0.272 e. The van der Waals surface area contributed by atoms with Gasteiger partial charge in [-0.2, -0.15) is 0 Å². The summed E-state index contributed by atoms with van der Waals surface area (Å²) >= 11 is 1.39. The molecule has 0 aliphatic carbocycles. The fourth-order valence-corrected chi connectivity index (χ4v) is 6.72. The van der Waals surface area contributed by atoms with E-state index in [2.05, 4.69) is 45.6 Å². The van der Waals surface area contributed by atoms with Gasteiger partial charge < -0.3 is 25.4 Å². The number of aromatic nitrogens is 1. The highest BCUT2D eigenvalue weighted by atomic mass is 32.2. The first-order valence-corrected chi connectivity index (χ1v) is 17.3. The molecule has 0 fully saturated rings. The SMILES string of the molecule is CCn1c2ccccc2c2cc(NC(=O)C(C)Sc3cccc(NC(=O)/C(=C\c4ccc(N(C)C)cc4)NC(=O)c4ccccc4)c3)ccc21. The van der Waals surface area contributed by atoms with E-state index in [0.717, 1.165) is 44.7 Å². The summed E-state index contributed by atoms with van der Waals surface area (Å²) in [5.74, 6) is -0.993. The largest absolute Gasteiger partial charge is 0.378 e. The van der Waals surface area contributed by atoms with Crippen LogP contribution in [0.2, 0.25) is 0 Å². The molecule has 1 unspecified atom stereocenters. The van der Waals surface area contributed by atoms with E-state index >= 15 is 0 Å². The first kappa shape index (κ1) is 34.1. The lowest BCUT2D eigenvalue weighted by atomic mass is 10.1. The molecule has 5 aromatic carbocycles. The zero-order chi connectivity index (χ0) is 35.2. The Morgan fingerprint density at radius 2 is 1.46 bits per heavy atom. The molecule has 0 aliphatic heterocycles. The number of nitrogens with one attached hydrogen (secondary N) is 3. The summed E-state index contributed by atoms with van der Waals surface area (Å²) in [4.78, 5) is 42.8. The third-order valence-electron chi connectivity index (χ3n) is 8.38. The average Bonchev–Trinajstić information content (AvgIpc) is 3.44. The fraction of sp³-hybridized carbons (Fsp3) is 0.146. The Labute approximate surface area is 296 Å². The van der Waals surface area contributed by atoms with Gasteiger partial charge in [0.2, 0.25) is 5.91 Å². The third-order valence-corrected chi connectivity index (χ3v) is 9.47. The van der Waals surface area contributed by atoms with Gasteiger partial charge in [0.1, 0.15) is 5.70 Å². The summed E-state index contributed by atoms with van der Waals surface area (Å²) in [5.41, 5.74) is 5.88. The van der Waals surface area contributed by atoms with Crippen molar-refractivity contribution in [3.63, 3.8) is 0 Å². The van der Waals surface area contributed by atoms with Crippen LogP contribution in [0.3, 0.4) is 0 Å². The van der Waals surface area contributed by atoms with Crippen molar-refractivity contribution in [3.8, 4) is 0 Å². The summed E-state index contributed by atoms with van der Waals surface area (Å²) in [5, 5.41) is 10.6. The molecule has 6 rings (SSSR count). The molecule has 1 heterocycles. The zero-order valence-corrected chi connectivity index (χ0v) is 29.3. The van der Waals surface area contributed by atoms with Crippen molar-refractivity contribution in [2.75, 3.05) is 29.6 Å². The topological polar surface area (TPSA) is 95.5 Å². The number of carbonyl (C=O) groups excluding carboxylic acids is 3. The van der Waals surface area contributed by atoms with Gasteiger partial charge in [-0.3, -0.25) is 14.4 Å². The fourth-order valence-electron chi connectivity index (χ4n) is 5.80. The van der Waals surface area contributed by atoms with Crippen molar-refractivity contribution in [2.45, 2.75) is 30.5 Å². The number of aryl methyl sites for hydroxylation is 1. The highest BCUT2D eigenvalue weighted by Gasteiger charge is 2.18. The van der Waals surface area contributed by atoms with Gasteiger partial charge in [0, 0.05) is 70.0 Å². The number of para-hydroxylation sites is 1. The Morgan fingerprint density at radius 3 is 2.20 bits per heavy atom. The molecule has 3 N–H and O–H groups in total. The molecule has 8 nitrogen and oxygen atoms in total. The third kappa shape index (κ3) is 7.74. The second-order valence-electron chi connectivity index (χ2n) is 12.1. The highest BCUT2D eigenvalue weighted by Crippen LogP contribution is 2.32. The molecule has 0 bridgehead atoms. The van der Waals surface area contributed by atoms with Crippen LogP contribution < -0.4 is 20.9 Å². The van der Waals surface area contributed by atoms with Gasteiger partial charge in [-0.05, 0) is 92.2 Å². The smallest absolute Gasteiger partial charge is 0.272 e. The van der Waals surface area contributed by atoms with E-state index in [1.807, 2.05) is 98.7 Å². The minimum atomic E-state index is -0.473. The quantitative estimate of drug-likeness (QED) is 0.0943. The maximum absolute atomic E-state index is 13.6. The molecule has 1 aromatic heterocycles. The van der Waals surface area contributed by atoms with E-state index in [1.165, 1.54) is 17.3 Å². The minimum Gasteiger partial charge on any atom is -0.378 e. The zero-order valence-electron chi connectivity index (χ0n) is 28.4. The van der Waals surface area contributed by atoms with E-state index in [1.54, 1.807) is 36.4 Å². The van der Waals surface area contributed by atoms with Crippen LogP contribution in [0.5, 0.6) is 0 Å². The molecule has 0 aliphatic rings. The van der Waals surface area contributed by atoms with Crippen LogP contribution >= 0.6 is 11.8 Å². The van der Waals surface area contributed by atoms with E-state index in [-0.39, 0.29) is 11.6 Å². The molecule has 3 amide bonds. The minimum absolute atomic E-state index is 0.0984. The Balaban J connectivity index is 1.16. The molecule has 0 spiro atoms. The van der Waals surface area contributed by atoms with E-state index in [0.29, 0.717) is 11.3 Å². The molecule has 0 radical (unpaired) electrons. The van der Waals surface area contributed by atoms with Gasteiger partial charge in [-0.15, -0.1) is 11.8 Å². The number of thioether (sulfide) groups is 1. The Kier molecular flexibility index (Phi) is 10.3. The van der Waals surface area contributed by atoms with Crippen molar-refractivity contribution in [2.24, 2.45) is 0 Å². The lowest BCUT2D eigenvalue weighted by molar-refractivity contribution is -0.115. The normalized spacial score (nSPS) is 12.0. The van der Waals surface area contributed by atoms with Crippen molar-refractivity contribution >= 4 is 74.4 Å². The van der Waals surface area contributed by atoms with E-state index in [9.17, 15) is 14.4 Å². The average molecular weight is 682 g/mol. The molecule has 50 heavy (non-hydrogen) atoms. The van der Waals surface area contributed by atoms with Crippen LogP contribution in [0.25, 0.3) is 27.9 Å². The standard InChI is InChI=1S/C41H39N5O3S/c1-5-46-37-17-10-9-16-34(37)35-26-31(20-23-38(35)46)42-39(47)27(2)50-33-15-11-14-30(25-33)43-41(49)36(44-40(48)29-12-7-6-8-13-29)24-28-18-21-32(22-19-28)45(3)4/h6-27H,5H2,1-4H3,(H,42,47)(H,43,49)(H,44,48)/b36-24+. The van der Waals surface area contributed by atoms with Gasteiger partial charge in [-0.1, -0.05) is 54.6 Å². The van der Waals surface area contributed by atoms with Crippen molar-refractivity contribution in [1.82, 2.24) is 9.88 Å². The predicted octanol–water partition coefficient (Wildman–Crippen LogP) is 8.41. The number of amides is 3. The maximum atomic E-state index is 13.6. The molecule has 0 saturated heterocycles. The van der Waals surface area contributed by atoms with Crippen molar-refractivity contribution in [3.05, 3.63) is 138 Å². The number of benzene rings is 5. The van der Waals surface area contributed by atoms with Crippen molar-refractivity contribution in [1.29, 1.82) is 0 Å². The molecule has 0 saturated carbocycles. The predicted molar refractivity (Wildman–Crippen MR) is 207 cm³/mol. The van der Waals surface area contributed by atoms with Crippen LogP contribution in [0.1, 0.15) is 29.8 Å². The number of hydrogen-bond donors (Lipinski definition) is 3. The molecule has 252 valence electrons. The molecular weight excluding hydrogens is 643 g/mol. The van der Waals surface area contributed by atoms with Crippen LogP contribution in [0.15, 0.2) is 132 Å². The molecule has 1 atom stereocenters. The van der Waals surface area contributed by atoms with Gasteiger partial charge in [-0.25, -0.2) is 0 Å². The first-order valence-electron chi connectivity index (χ1n) is 16.5. The van der Waals surface area contributed by atoms with Crippen LogP contribution in [0, 0.1) is 0 Å². The lowest BCUT2D eigenvalue weighted by Gasteiger charge is -2.15. The number of nitrogens with zero attached hydrogens (tertiary/aromatic N) is 2. The number of rotatable bonds is 11. The highest BCUT2D eigenvalue weighted by molar-refractivity contribution is 8.00. The van der Waals surface area contributed by atoms with Crippen LogP contribution in [0.4, 0.5) is 17.1 Å². The number of carbonyl (C=O) groups is 3. The van der Waals surface area contributed by atoms with Gasteiger partial charge in [0.05, 0.1) is 5.25 Å². The lowest BCUT2D eigenvalue weighted by Crippen LogP contribution is -2.30. The summed E-state index contributed by atoms with van der Waals surface area (Å²) in [6.07, 6.45) is 1.65. The Hall–Kier alpha value is -5.80. The molecule has 6 aromatic rings. The van der Waals surface area contributed by atoms with E-state index in [4.69, 9.17) is 0 Å². The Morgan fingerprint density at radius 1 is 0.760 bits per heavy atom. The summed E-state index contributed by atoms with van der Waals surface area (Å²) in [7, 11) is 3.91. The number of fused-ring (bicyclic) bond motifs is 3. The Bertz CT molecular complexity index is 2210. The monoisotopic (exact) mass is 681 g/mol. The van der Waals surface area contributed by atoms with Gasteiger partial charge in [0.25, 0.3) is 11.8 Å². The number of hydrogen-bond acceptors (Lipinski definition) is 5. The summed E-state index contributed by atoms with van der Waals surface area (Å²) < 4.78 is 2.28. The summed E-state index contributed by atoms with van der Waals surface area (Å²) in [6, 6.07) is 38.1. The van der Waals surface area contributed by atoms with Crippen LogP contribution in [-0.4, -0.2) is 41.6 Å². The van der Waals surface area contributed by atoms with E-state index < -0.39 is 17.1 Å². The molecular formula is C41H39N5O3S. The first-order chi connectivity index (χ1) is 24.2. The van der Waals surface area contributed by atoms with Gasteiger partial charge in [0.15, 0.2) is 0 Å². The van der Waals surface area contributed by atoms with Crippen LogP contribution in [-0.2, 0) is 16.1 Å². The molecule has 9 heteroatoms. The summed E-state index contributed by atoms with van der Waals surface area (Å²) in [6.45, 7) is 4.84. The number of anilines is 3. The van der Waals surface area contributed by atoms with Crippen molar-refractivity contribution < 1.29 is 14.4 Å². The second kappa shape index (κ2) is 15.2. The van der Waals surface area contributed by atoms with Gasteiger partial charge >= 0.3 is 0 Å². The second-order valence-corrected chi connectivity index (χ2v) is 13.5.